The van der Waals surface area contributed by atoms with Gasteiger partial charge in [0.25, 0.3) is 0 Å². The third-order valence-electron chi connectivity index (χ3n) is 1.20. The monoisotopic (exact) mass is 228 g/mol. The number of ether oxygens (including phenoxy) is 2. The molecule has 0 aromatic heterocycles. The summed E-state index contributed by atoms with van der Waals surface area (Å²) < 4.78 is 11.1. The van der Waals surface area contributed by atoms with Gasteiger partial charge in [0.15, 0.2) is 0 Å². The van der Waals surface area contributed by atoms with Gasteiger partial charge in [-0.25, -0.2) is 0 Å². The van der Waals surface area contributed by atoms with E-state index in [9.17, 15) is 0 Å². The van der Waals surface area contributed by atoms with E-state index in [0.29, 0.717) is 0 Å². The van der Waals surface area contributed by atoms with Crippen LogP contribution in [0.15, 0.2) is 0 Å². The maximum absolute atomic E-state index is 5.15. The molecule has 1 aliphatic heterocycles. The van der Waals surface area contributed by atoms with Crippen molar-refractivity contribution in [2.24, 2.45) is 0 Å². The third-order valence-corrected chi connectivity index (χ3v) is 2.59. The number of halogens is 1. The van der Waals surface area contributed by atoms with Gasteiger partial charge in [-0.05, 0) is 0 Å². The molecule has 0 N–H and O–H groups in total. The summed E-state index contributed by atoms with van der Waals surface area (Å²) in [6, 6.07) is 0. The quantitative estimate of drug-likeness (QED) is 0.405. The lowest BCUT2D eigenvalue weighted by Gasteiger charge is -2.03. The van der Waals surface area contributed by atoms with Crippen LogP contribution in [0.5, 0.6) is 0 Å². The Kier molecular flexibility index (Phi) is 2.11. The third kappa shape index (κ3) is 1.33. The van der Waals surface area contributed by atoms with Crippen molar-refractivity contribution in [3.8, 4) is 0 Å². The Balaban J connectivity index is 2.20. The van der Waals surface area contributed by atoms with Crippen LogP contribution in [0.3, 0.4) is 0 Å². The molecular formula is C5H9IO2. The topological polar surface area (TPSA) is 21.8 Å². The smallest absolute Gasteiger partial charge is 0.124 e. The zero-order valence-corrected chi connectivity index (χ0v) is 6.97. The van der Waals surface area contributed by atoms with Crippen LogP contribution in [0.4, 0.5) is 0 Å². The minimum absolute atomic E-state index is 0.106. The number of alkyl halides is 1. The van der Waals surface area contributed by atoms with Gasteiger partial charge < -0.3 is 9.47 Å². The van der Waals surface area contributed by atoms with E-state index in [2.05, 4.69) is 22.6 Å². The first-order valence-corrected chi connectivity index (χ1v) is 4.04. The van der Waals surface area contributed by atoms with Crippen LogP contribution in [0, 0.1) is 0 Å². The van der Waals surface area contributed by atoms with Crippen LogP contribution in [0.1, 0.15) is 0 Å². The summed E-state index contributed by atoms with van der Waals surface area (Å²) in [7, 11) is 1.70. The van der Waals surface area contributed by atoms with Crippen molar-refractivity contribution in [1.82, 2.24) is 0 Å². The molecule has 1 atom stereocenters. The summed E-state index contributed by atoms with van der Waals surface area (Å²) in [5, 5.41) is 0. The Morgan fingerprint density at radius 3 is 2.62 bits per heavy atom. The first-order valence-electron chi connectivity index (χ1n) is 2.52. The highest BCUT2D eigenvalue weighted by Gasteiger charge is 2.43. The van der Waals surface area contributed by atoms with Gasteiger partial charge in [-0.3, -0.25) is 0 Å². The van der Waals surface area contributed by atoms with E-state index >= 15 is 0 Å². The van der Waals surface area contributed by atoms with Crippen molar-refractivity contribution < 1.29 is 9.47 Å². The van der Waals surface area contributed by atoms with E-state index in [0.717, 1.165) is 17.6 Å². The van der Waals surface area contributed by atoms with Crippen molar-refractivity contribution in [3.05, 3.63) is 0 Å². The molecule has 0 saturated carbocycles. The van der Waals surface area contributed by atoms with Gasteiger partial charge in [-0.2, -0.15) is 0 Å². The fourth-order valence-corrected chi connectivity index (χ4v) is 1.22. The van der Waals surface area contributed by atoms with Gasteiger partial charge in [0, 0.05) is 11.5 Å². The van der Waals surface area contributed by atoms with E-state index in [1.54, 1.807) is 7.11 Å². The minimum atomic E-state index is 0.106. The number of hydrogen-bond acceptors (Lipinski definition) is 2. The molecule has 0 amide bonds. The molecule has 3 heteroatoms. The number of methoxy groups -OCH3 is 1. The van der Waals surface area contributed by atoms with E-state index in [-0.39, 0.29) is 5.60 Å². The highest BCUT2D eigenvalue weighted by atomic mass is 127. The molecule has 1 rings (SSSR count). The van der Waals surface area contributed by atoms with Gasteiger partial charge in [-0.15, -0.1) is 0 Å². The summed E-state index contributed by atoms with van der Waals surface area (Å²) >= 11 is 2.31. The highest BCUT2D eigenvalue weighted by molar-refractivity contribution is 14.1. The lowest BCUT2D eigenvalue weighted by Crippen LogP contribution is -2.19. The lowest BCUT2D eigenvalue weighted by atomic mass is 10.2. The van der Waals surface area contributed by atoms with Crippen LogP contribution in [0.25, 0.3) is 0 Å². The summed E-state index contributed by atoms with van der Waals surface area (Å²) in [5.41, 5.74) is 0.106. The number of rotatable bonds is 3. The molecule has 8 heavy (non-hydrogen) atoms. The van der Waals surface area contributed by atoms with Gasteiger partial charge in [0.2, 0.25) is 0 Å². The van der Waals surface area contributed by atoms with E-state index in [1.165, 1.54) is 0 Å². The second-order valence-corrected chi connectivity index (χ2v) is 2.80. The predicted molar refractivity (Wildman–Crippen MR) is 39.4 cm³/mol. The zero-order chi connectivity index (χ0) is 6.04. The number of epoxide rings is 1. The first kappa shape index (κ1) is 6.77. The number of hydrogen-bond donors (Lipinski definition) is 0. The molecule has 0 aromatic carbocycles. The summed E-state index contributed by atoms with van der Waals surface area (Å²) in [6.07, 6.45) is 0. The standard InChI is InChI=1S/C5H9IO2/c1-7-3-5(2-6)4-8-5/h2-4H2,1H3. The van der Waals surface area contributed by atoms with Gasteiger partial charge >= 0.3 is 0 Å². The van der Waals surface area contributed by atoms with Gasteiger partial charge in [0.05, 0.1) is 13.2 Å². The predicted octanol–water partition coefficient (Wildman–Crippen LogP) is 0.837. The van der Waals surface area contributed by atoms with Crippen LogP contribution in [0.2, 0.25) is 0 Å². The van der Waals surface area contributed by atoms with Gasteiger partial charge in [-0.1, -0.05) is 22.6 Å². The Morgan fingerprint density at radius 2 is 2.50 bits per heavy atom. The molecule has 0 spiro atoms. The fraction of sp³-hybridized carbons (Fsp3) is 1.00. The fourth-order valence-electron chi connectivity index (χ4n) is 0.564. The molecule has 0 aliphatic carbocycles. The molecule has 1 fully saturated rings. The normalized spacial score (nSPS) is 35.2. The van der Waals surface area contributed by atoms with Crippen molar-refractivity contribution in [2.45, 2.75) is 5.60 Å². The molecule has 48 valence electrons. The Morgan fingerprint density at radius 1 is 1.88 bits per heavy atom. The molecule has 1 heterocycles. The van der Waals surface area contributed by atoms with Gasteiger partial charge in [0.1, 0.15) is 5.60 Å². The first-order chi connectivity index (χ1) is 3.83. The van der Waals surface area contributed by atoms with E-state index in [4.69, 9.17) is 9.47 Å². The van der Waals surface area contributed by atoms with Crippen molar-refractivity contribution in [3.63, 3.8) is 0 Å². The van der Waals surface area contributed by atoms with Crippen LogP contribution < -0.4 is 0 Å². The van der Waals surface area contributed by atoms with Crippen LogP contribution >= 0.6 is 22.6 Å². The molecule has 1 aliphatic rings. The molecule has 0 radical (unpaired) electrons. The second kappa shape index (κ2) is 2.49. The van der Waals surface area contributed by atoms with Crippen molar-refractivity contribution in [2.75, 3.05) is 24.8 Å². The second-order valence-electron chi connectivity index (χ2n) is 2.04. The average molecular weight is 228 g/mol. The van der Waals surface area contributed by atoms with Crippen LogP contribution in [-0.2, 0) is 9.47 Å². The largest absolute Gasteiger partial charge is 0.382 e. The molecule has 1 saturated heterocycles. The molecule has 0 bridgehead atoms. The minimum Gasteiger partial charge on any atom is -0.382 e. The van der Waals surface area contributed by atoms with Crippen LogP contribution in [-0.4, -0.2) is 30.4 Å². The zero-order valence-electron chi connectivity index (χ0n) is 4.82. The maximum atomic E-state index is 5.15. The maximum Gasteiger partial charge on any atom is 0.124 e. The molecular weight excluding hydrogens is 219 g/mol. The summed E-state index contributed by atoms with van der Waals surface area (Å²) in [6.45, 7) is 1.62. The summed E-state index contributed by atoms with van der Waals surface area (Å²) in [5.74, 6) is 0. The molecule has 2 nitrogen and oxygen atoms in total. The SMILES string of the molecule is COCC1(CI)CO1. The van der Waals surface area contributed by atoms with Crippen molar-refractivity contribution >= 4 is 22.6 Å². The highest BCUT2D eigenvalue weighted by Crippen LogP contribution is 2.28. The average Bonchev–Trinajstić information content (AvgIpc) is 2.50. The summed E-state index contributed by atoms with van der Waals surface area (Å²) in [4.78, 5) is 0. The Labute approximate surface area is 62.7 Å². The van der Waals surface area contributed by atoms with Crippen molar-refractivity contribution in [1.29, 1.82) is 0 Å². The molecule has 0 aromatic rings. The lowest BCUT2D eigenvalue weighted by molar-refractivity contribution is 0.134. The Hall–Kier alpha value is 0.650. The molecule has 1 unspecified atom stereocenters. The van der Waals surface area contributed by atoms with E-state index in [1.807, 2.05) is 0 Å². The Bertz CT molecular complexity index is 80.5. The van der Waals surface area contributed by atoms with E-state index < -0.39 is 0 Å².